The minimum atomic E-state index is -0.0324. The number of phenols is 1. The van der Waals surface area contributed by atoms with E-state index in [9.17, 15) is 5.11 Å². The van der Waals surface area contributed by atoms with Crippen molar-refractivity contribution in [1.29, 1.82) is 0 Å². The second-order valence-corrected chi connectivity index (χ2v) is 8.27. The van der Waals surface area contributed by atoms with E-state index in [1.54, 1.807) is 12.1 Å². The molecule has 4 aromatic rings. The summed E-state index contributed by atoms with van der Waals surface area (Å²) in [6.07, 6.45) is 4.31. The second kappa shape index (κ2) is 7.58. The zero-order valence-corrected chi connectivity index (χ0v) is 17.6. The highest BCUT2D eigenvalue weighted by Gasteiger charge is 2.26. The minimum Gasteiger partial charge on any atom is -0.504 e. The maximum atomic E-state index is 10.5. The fraction of sp³-hybridized carbons (Fsp3) is 0.292. The number of nitrogens with zero attached hydrogens (tertiary/aromatic N) is 4. The molecule has 0 saturated carbocycles. The van der Waals surface area contributed by atoms with E-state index < -0.39 is 0 Å². The van der Waals surface area contributed by atoms with Gasteiger partial charge in [-0.15, -0.1) is 0 Å². The number of rotatable bonds is 4. The molecule has 7 nitrogen and oxygen atoms in total. The van der Waals surface area contributed by atoms with Gasteiger partial charge in [-0.1, -0.05) is 24.3 Å². The Bertz CT molecular complexity index is 1260. The van der Waals surface area contributed by atoms with Crippen molar-refractivity contribution in [3.8, 4) is 22.8 Å². The maximum Gasteiger partial charge on any atom is 0.164 e. The fourth-order valence-corrected chi connectivity index (χ4v) is 4.36. The molecule has 0 bridgehead atoms. The number of hydrogen-bond donors (Lipinski definition) is 2. The molecule has 0 amide bonds. The van der Waals surface area contributed by atoms with Gasteiger partial charge in [-0.2, -0.15) is 5.10 Å². The SMILES string of the molecule is CC(C)Oc1ccc(-c2nn(C3CCc4ccccc4C3)c3ncnc(N)c23)cc1O. The van der Waals surface area contributed by atoms with Gasteiger partial charge in [0, 0.05) is 5.56 Å². The molecule has 0 radical (unpaired) electrons. The number of nitrogen functional groups attached to an aromatic ring is 1. The topological polar surface area (TPSA) is 99.1 Å². The number of aromatic hydroxyl groups is 1. The zero-order valence-electron chi connectivity index (χ0n) is 17.6. The van der Waals surface area contributed by atoms with Crippen LogP contribution in [0.4, 0.5) is 5.82 Å². The number of hydrogen-bond acceptors (Lipinski definition) is 6. The molecule has 5 rings (SSSR count). The highest BCUT2D eigenvalue weighted by molar-refractivity contribution is 5.98. The summed E-state index contributed by atoms with van der Waals surface area (Å²) < 4.78 is 7.64. The van der Waals surface area contributed by atoms with E-state index in [-0.39, 0.29) is 17.9 Å². The average molecular weight is 415 g/mol. The molecule has 158 valence electrons. The quantitative estimate of drug-likeness (QED) is 0.516. The Morgan fingerprint density at radius 3 is 2.71 bits per heavy atom. The van der Waals surface area contributed by atoms with E-state index in [4.69, 9.17) is 15.6 Å². The van der Waals surface area contributed by atoms with E-state index in [1.807, 2.05) is 24.6 Å². The van der Waals surface area contributed by atoms with Gasteiger partial charge in [0.25, 0.3) is 0 Å². The van der Waals surface area contributed by atoms with Crippen LogP contribution >= 0.6 is 0 Å². The largest absolute Gasteiger partial charge is 0.504 e. The molecule has 7 heteroatoms. The molecule has 1 atom stereocenters. The molecule has 2 aromatic heterocycles. The summed E-state index contributed by atoms with van der Waals surface area (Å²) in [5.41, 5.74) is 11.1. The van der Waals surface area contributed by atoms with Crippen LogP contribution in [-0.4, -0.2) is 31.0 Å². The zero-order chi connectivity index (χ0) is 21.5. The van der Waals surface area contributed by atoms with Crippen LogP contribution in [0.1, 0.15) is 37.4 Å². The van der Waals surface area contributed by atoms with Crippen molar-refractivity contribution in [2.45, 2.75) is 45.3 Å². The summed E-state index contributed by atoms with van der Waals surface area (Å²) in [4.78, 5) is 8.71. The van der Waals surface area contributed by atoms with E-state index in [1.165, 1.54) is 17.5 Å². The van der Waals surface area contributed by atoms with E-state index in [0.29, 0.717) is 28.3 Å². The number of ether oxygens (including phenoxy) is 1. The Labute approximate surface area is 180 Å². The summed E-state index contributed by atoms with van der Waals surface area (Å²) in [6, 6.07) is 14.0. The molecule has 3 N–H and O–H groups in total. The van der Waals surface area contributed by atoms with Gasteiger partial charge in [0.2, 0.25) is 0 Å². The molecule has 1 aliphatic rings. The van der Waals surface area contributed by atoms with Crippen molar-refractivity contribution in [3.63, 3.8) is 0 Å². The van der Waals surface area contributed by atoms with Crippen LogP contribution in [-0.2, 0) is 12.8 Å². The van der Waals surface area contributed by atoms with Crippen LogP contribution < -0.4 is 10.5 Å². The first-order valence-corrected chi connectivity index (χ1v) is 10.6. The highest BCUT2D eigenvalue weighted by atomic mass is 16.5. The van der Waals surface area contributed by atoms with Crippen LogP contribution in [0.25, 0.3) is 22.3 Å². The van der Waals surface area contributed by atoms with E-state index in [0.717, 1.165) is 24.8 Å². The number of nitrogens with two attached hydrogens (primary N) is 1. The fourth-order valence-electron chi connectivity index (χ4n) is 4.36. The Morgan fingerprint density at radius 2 is 1.94 bits per heavy atom. The number of anilines is 1. The van der Waals surface area contributed by atoms with Crippen molar-refractivity contribution in [3.05, 3.63) is 59.9 Å². The van der Waals surface area contributed by atoms with Crippen LogP contribution in [0, 0.1) is 0 Å². The second-order valence-electron chi connectivity index (χ2n) is 8.27. The Balaban J connectivity index is 1.60. The molecule has 0 fully saturated rings. The Hall–Kier alpha value is -3.61. The van der Waals surface area contributed by atoms with Crippen LogP contribution in [0.3, 0.4) is 0 Å². The van der Waals surface area contributed by atoms with Gasteiger partial charge < -0.3 is 15.6 Å². The molecular weight excluding hydrogens is 390 g/mol. The van der Waals surface area contributed by atoms with Gasteiger partial charge in [-0.05, 0) is 62.4 Å². The lowest BCUT2D eigenvalue weighted by Crippen LogP contribution is -2.20. The summed E-state index contributed by atoms with van der Waals surface area (Å²) >= 11 is 0. The summed E-state index contributed by atoms with van der Waals surface area (Å²) in [6.45, 7) is 3.84. The Kier molecular flexibility index (Phi) is 4.73. The molecule has 2 heterocycles. The third-order valence-corrected chi connectivity index (χ3v) is 5.78. The lowest BCUT2D eigenvalue weighted by molar-refractivity contribution is 0.232. The van der Waals surface area contributed by atoms with Gasteiger partial charge in [0.1, 0.15) is 17.8 Å². The van der Waals surface area contributed by atoms with Crippen LogP contribution in [0.5, 0.6) is 11.5 Å². The summed E-state index contributed by atoms with van der Waals surface area (Å²) in [7, 11) is 0. The normalized spacial score (nSPS) is 15.9. The number of aryl methyl sites for hydroxylation is 1. The van der Waals surface area contributed by atoms with E-state index >= 15 is 0 Å². The lowest BCUT2D eigenvalue weighted by atomic mass is 9.88. The van der Waals surface area contributed by atoms with Gasteiger partial charge in [0.15, 0.2) is 17.1 Å². The van der Waals surface area contributed by atoms with Crippen LogP contribution in [0.15, 0.2) is 48.8 Å². The Morgan fingerprint density at radius 1 is 1.13 bits per heavy atom. The smallest absolute Gasteiger partial charge is 0.164 e. The standard InChI is InChI=1S/C24H25N5O2/c1-14(2)31-20-10-8-17(12-19(20)30)22-21-23(25)26-13-27-24(21)29(28-22)18-9-7-15-5-3-4-6-16(15)11-18/h3-6,8,10,12-14,18,30H,7,9,11H2,1-2H3,(H2,25,26,27). The molecular formula is C24H25N5O2. The molecule has 1 unspecified atom stereocenters. The molecule has 0 aliphatic heterocycles. The first-order valence-electron chi connectivity index (χ1n) is 10.6. The lowest BCUT2D eigenvalue weighted by Gasteiger charge is -2.25. The molecule has 1 aliphatic carbocycles. The van der Waals surface area contributed by atoms with Crippen molar-refractivity contribution >= 4 is 16.9 Å². The van der Waals surface area contributed by atoms with Crippen LogP contribution in [0.2, 0.25) is 0 Å². The van der Waals surface area contributed by atoms with E-state index in [2.05, 4.69) is 34.2 Å². The molecule has 2 aromatic carbocycles. The third-order valence-electron chi connectivity index (χ3n) is 5.78. The average Bonchev–Trinajstić information content (AvgIpc) is 3.15. The van der Waals surface area contributed by atoms with Gasteiger partial charge in [0.05, 0.1) is 17.5 Å². The predicted octanol–water partition coefficient (Wildman–Crippen LogP) is 4.30. The highest BCUT2D eigenvalue weighted by Crippen LogP contribution is 2.38. The number of phenolic OH excluding ortho intramolecular Hbond substituents is 1. The molecule has 0 spiro atoms. The monoisotopic (exact) mass is 415 g/mol. The van der Waals surface area contributed by atoms with Gasteiger partial charge >= 0.3 is 0 Å². The number of aromatic nitrogens is 4. The number of fused-ring (bicyclic) bond motifs is 2. The van der Waals surface area contributed by atoms with Gasteiger partial charge in [-0.25, -0.2) is 14.6 Å². The molecule has 31 heavy (non-hydrogen) atoms. The van der Waals surface area contributed by atoms with Crippen molar-refractivity contribution in [2.24, 2.45) is 0 Å². The first kappa shape index (κ1) is 19.4. The van der Waals surface area contributed by atoms with Crippen molar-refractivity contribution in [1.82, 2.24) is 19.7 Å². The predicted molar refractivity (Wildman–Crippen MR) is 120 cm³/mol. The number of benzene rings is 2. The van der Waals surface area contributed by atoms with Gasteiger partial charge in [-0.3, -0.25) is 0 Å². The maximum absolute atomic E-state index is 10.5. The third kappa shape index (κ3) is 3.46. The first-order chi connectivity index (χ1) is 15.0. The molecule has 0 saturated heterocycles. The van der Waals surface area contributed by atoms with Crippen molar-refractivity contribution < 1.29 is 9.84 Å². The minimum absolute atomic E-state index is 0.0324. The summed E-state index contributed by atoms with van der Waals surface area (Å²) in [5, 5.41) is 16.1. The summed E-state index contributed by atoms with van der Waals surface area (Å²) in [5.74, 6) is 0.885. The van der Waals surface area contributed by atoms with Crippen molar-refractivity contribution in [2.75, 3.05) is 5.73 Å².